The van der Waals surface area contributed by atoms with E-state index in [1.165, 1.54) is 13.8 Å². The highest BCUT2D eigenvalue weighted by Crippen LogP contribution is 1.96. The van der Waals surface area contributed by atoms with E-state index >= 15 is 0 Å². The highest BCUT2D eigenvalue weighted by Gasteiger charge is 2.02. The number of unbranched alkanes of at least 4 members (excludes halogenated alkanes) is 1. The second-order valence-electron chi connectivity index (χ2n) is 3.67. The van der Waals surface area contributed by atoms with E-state index in [4.69, 9.17) is 0 Å². The number of Topliss-reactive ketones (excluding diaryl/α,β-unsaturated/α-hetero) is 1. The highest BCUT2D eigenvalue weighted by molar-refractivity contribution is 7.86. The fourth-order valence-corrected chi connectivity index (χ4v) is 1.47. The summed E-state index contributed by atoms with van der Waals surface area (Å²) in [7, 11) is -6.80. The topological polar surface area (TPSA) is 104 Å². The van der Waals surface area contributed by atoms with Crippen LogP contribution in [-0.4, -0.2) is 48.3 Å². The Morgan fingerprint density at radius 1 is 0.833 bits per heavy atom. The Morgan fingerprint density at radius 2 is 1.06 bits per heavy atom. The van der Waals surface area contributed by atoms with E-state index in [1.54, 1.807) is 0 Å². The van der Waals surface area contributed by atoms with Crippen LogP contribution in [0.15, 0.2) is 0 Å². The molecule has 0 bridgehead atoms. The van der Waals surface area contributed by atoms with Gasteiger partial charge in [-0.2, -0.15) is 16.8 Å². The van der Waals surface area contributed by atoms with Crippen molar-refractivity contribution in [1.82, 2.24) is 0 Å². The van der Waals surface area contributed by atoms with Gasteiger partial charge in [-0.1, -0.05) is 0 Å². The first-order valence-corrected chi connectivity index (χ1v) is 8.73. The summed E-state index contributed by atoms with van der Waals surface area (Å²) in [6.07, 6.45) is 2.78. The van der Waals surface area contributed by atoms with Gasteiger partial charge in [-0.25, -0.2) is 0 Å². The van der Waals surface area contributed by atoms with Crippen LogP contribution in [0.3, 0.4) is 0 Å². The lowest BCUT2D eigenvalue weighted by atomic mass is 10.3. The largest absolute Gasteiger partial charge is 0.300 e. The van der Waals surface area contributed by atoms with Gasteiger partial charge in [-0.05, 0) is 26.7 Å². The summed E-state index contributed by atoms with van der Waals surface area (Å²) in [5.41, 5.74) is 0. The molecule has 0 saturated heterocycles. The second kappa shape index (κ2) is 9.42. The van der Waals surface area contributed by atoms with E-state index in [0.29, 0.717) is 12.8 Å². The molecule has 0 rings (SSSR count). The summed E-state index contributed by atoms with van der Waals surface area (Å²) >= 11 is 0. The molecular formula is C9H20O7S2. The molecule has 0 radical (unpaired) electrons. The van der Waals surface area contributed by atoms with Crippen LogP contribution >= 0.6 is 0 Å². The highest BCUT2D eigenvalue weighted by atomic mass is 32.2. The summed E-state index contributed by atoms with van der Waals surface area (Å²) < 4.78 is 50.8. The summed E-state index contributed by atoms with van der Waals surface area (Å²) in [5, 5.41) is 0. The molecule has 0 spiro atoms. The summed E-state index contributed by atoms with van der Waals surface area (Å²) in [6, 6.07) is 0. The van der Waals surface area contributed by atoms with Crippen molar-refractivity contribution in [3.05, 3.63) is 0 Å². The third-order valence-corrected chi connectivity index (χ3v) is 2.32. The Morgan fingerprint density at radius 3 is 1.22 bits per heavy atom. The zero-order chi connectivity index (χ0) is 14.8. The molecule has 0 atom stereocenters. The standard InChI is InChI=1S/C6H14O6S2.C3H6O/c1-13(7,8)11-5-3-4-6-12-14(2,9)10;1-3(2)4/h3-6H2,1-2H3;1-2H3. The van der Waals surface area contributed by atoms with Crippen LogP contribution in [0.25, 0.3) is 0 Å². The molecule has 18 heavy (non-hydrogen) atoms. The third kappa shape index (κ3) is 29.6. The second-order valence-corrected chi connectivity index (χ2v) is 6.96. The molecule has 0 aliphatic carbocycles. The lowest BCUT2D eigenvalue weighted by Gasteiger charge is -2.01. The molecule has 0 aromatic carbocycles. The van der Waals surface area contributed by atoms with Crippen molar-refractivity contribution in [2.75, 3.05) is 25.7 Å². The van der Waals surface area contributed by atoms with Crippen LogP contribution in [0.4, 0.5) is 0 Å². The Labute approximate surface area is 109 Å². The fourth-order valence-electron chi connectivity index (χ4n) is 0.625. The smallest absolute Gasteiger partial charge is 0.264 e. The first-order valence-electron chi connectivity index (χ1n) is 5.10. The van der Waals surface area contributed by atoms with Gasteiger partial charge in [0.25, 0.3) is 20.2 Å². The van der Waals surface area contributed by atoms with E-state index in [1.807, 2.05) is 0 Å². The molecule has 0 aromatic rings. The zero-order valence-corrected chi connectivity index (χ0v) is 12.6. The minimum Gasteiger partial charge on any atom is -0.300 e. The van der Waals surface area contributed by atoms with Crippen molar-refractivity contribution in [2.24, 2.45) is 0 Å². The molecule has 0 saturated carbocycles. The average Bonchev–Trinajstić information content (AvgIpc) is 2.06. The van der Waals surface area contributed by atoms with E-state index in [9.17, 15) is 21.6 Å². The minimum absolute atomic E-state index is 0.0476. The number of ketones is 1. The van der Waals surface area contributed by atoms with E-state index in [2.05, 4.69) is 8.37 Å². The van der Waals surface area contributed by atoms with Gasteiger partial charge in [0.15, 0.2) is 0 Å². The van der Waals surface area contributed by atoms with Gasteiger partial charge >= 0.3 is 0 Å². The molecule has 0 amide bonds. The summed E-state index contributed by atoms with van der Waals surface area (Å²) in [6.45, 7) is 3.15. The van der Waals surface area contributed by atoms with Gasteiger partial charge < -0.3 is 4.79 Å². The normalized spacial score (nSPS) is 11.6. The molecule has 9 heteroatoms. The minimum atomic E-state index is -3.40. The van der Waals surface area contributed by atoms with Crippen molar-refractivity contribution < 1.29 is 30.0 Å². The number of rotatable bonds is 7. The number of hydrogen-bond donors (Lipinski definition) is 0. The molecule has 0 heterocycles. The van der Waals surface area contributed by atoms with Crippen molar-refractivity contribution in [3.8, 4) is 0 Å². The monoisotopic (exact) mass is 304 g/mol. The molecule has 110 valence electrons. The van der Waals surface area contributed by atoms with Gasteiger partial charge in [-0.15, -0.1) is 0 Å². The van der Waals surface area contributed by atoms with Gasteiger partial charge in [-0.3, -0.25) is 8.37 Å². The van der Waals surface area contributed by atoms with Gasteiger partial charge in [0.2, 0.25) is 0 Å². The van der Waals surface area contributed by atoms with Gasteiger partial charge in [0, 0.05) is 0 Å². The SMILES string of the molecule is CC(C)=O.CS(=O)(=O)OCCCCOS(C)(=O)=O. The van der Waals surface area contributed by atoms with Crippen LogP contribution in [0, 0.1) is 0 Å². The summed E-state index contributed by atoms with van der Waals surface area (Å²) in [4.78, 5) is 9.44. The number of hydrogen-bond acceptors (Lipinski definition) is 7. The van der Waals surface area contributed by atoms with E-state index < -0.39 is 20.2 Å². The predicted octanol–water partition coefficient (Wildman–Crippen LogP) is 0.314. The van der Waals surface area contributed by atoms with Crippen LogP contribution in [0.5, 0.6) is 0 Å². The molecule has 0 aliphatic rings. The maximum Gasteiger partial charge on any atom is 0.264 e. The average molecular weight is 304 g/mol. The Kier molecular flexibility index (Phi) is 10.4. The number of carbonyl (C=O) groups is 1. The first-order chi connectivity index (χ1) is 7.94. The van der Waals surface area contributed by atoms with Gasteiger partial charge in [0.05, 0.1) is 25.7 Å². The predicted molar refractivity (Wildman–Crippen MR) is 67.2 cm³/mol. The molecule has 0 N–H and O–H groups in total. The van der Waals surface area contributed by atoms with Crippen LogP contribution in [0.2, 0.25) is 0 Å². The lowest BCUT2D eigenvalue weighted by Crippen LogP contribution is -2.07. The first kappa shape index (κ1) is 19.8. The van der Waals surface area contributed by atoms with Crippen molar-refractivity contribution in [1.29, 1.82) is 0 Å². The zero-order valence-electron chi connectivity index (χ0n) is 11.0. The number of carbonyl (C=O) groups excluding carboxylic acids is 1. The Balaban J connectivity index is 0. The van der Waals surface area contributed by atoms with E-state index in [0.717, 1.165) is 12.5 Å². The van der Waals surface area contributed by atoms with Gasteiger partial charge in [0.1, 0.15) is 5.78 Å². The third-order valence-electron chi connectivity index (χ3n) is 1.13. The van der Waals surface area contributed by atoms with Crippen molar-refractivity contribution in [3.63, 3.8) is 0 Å². The van der Waals surface area contributed by atoms with Crippen LogP contribution in [0.1, 0.15) is 26.7 Å². The molecule has 0 fully saturated rings. The van der Waals surface area contributed by atoms with Crippen LogP contribution < -0.4 is 0 Å². The molecule has 0 aromatic heterocycles. The van der Waals surface area contributed by atoms with E-state index in [-0.39, 0.29) is 19.0 Å². The fraction of sp³-hybridized carbons (Fsp3) is 0.889. The molecule has 0 unspecified atom stereocenters. The molecule has 0 aliphatic heterocycles. The van der Waals surface area contributed by atoms with Crippen LogP contribution in [-0.2, 0) is 33.4 Å². The molecular weight excluding hydrogens is 284 g/mol. The summed E-state index contributed by atoms with van der Waals surface area (Å²) in [5.74, 6) is 0.167. The Bertz CT molecular complexity index is 382. The van der Waals surface area contributed by atoms with Crippen molar-refractivity contribution in [2.45, 2.75) is 26.7 Å². The lowest BCUT2D eigenvalue weighted by molar-refractivity contribution is -0.115. The quantitative estimate of drug-likeness (QED) is 0.492. The maximum absolute atomic E-state index is 10.5. The van der Waals surface area contributed by atoms with Crippen molar-refractivity contribution >= 4 is 26.0 Å². The molecule has 7 nitrogen and oxygen atoms in total. The Hall–Kier alpha value is -0.510. The maximum atomic E-state index is 10.5.